The first-order valence-electron chi connectivity index (χ1n) is 9.02. The molecule has 2 amide bonds. The maximum Gasteiger partial charge on any atom is 0.246 e. The van der Waals surface area contributed by atoms with Crippen molar-refractivity contribution in [2.45, 2.75) is 18.9 Å². The number of hydrogen-bond acceptors (Lipinski definition) is 5. The van der Waals surface area contributed by atoms with E-state index in [1.807, 2.05) is 24.3 Å². The average Bonchev–Trinajstić information content (AvgIpc) is 3.35. The van der Waals surface area contributed by atoms with E-state index in [2.05, 4.69) is 15.2 Å². The molecule has 1 saturated carbocycles. The SMILES string of the molecule is O=C(CN1CCN(C(=O)/C=C/c2nc3ccccc3o2)CC1)NC1CC1. The quantitative estimate of drug-likeness (QED) is 0.818. The number of rotatable bonds is 5. The van der Waals surface area contributed by atoms with Gasteiger partial charge in [0, 0.05) is 44.4 Å². The number of benzene rings is 1. The number of amides is 2. The number of nitrogens with zero attached hydrogens (tertiary/aromatic N) is 3. The Bertz CT molecular complexity index is 799. The highest BCUT2D eigenvalue weighted by Gasteiger charge is 2.25. The van der Waals surface area contributed by atoms with Gasteiger partial charge in [-0.25, -0.2) is 4.98 Å². The summed E-state index contributed by atoms with van der Waals surface area (Å²) >= 11 is 0. The number of aromatic nitrogens is 1. The van der Waals surface area contributed by atoms with Crippen molar-refractivity contribution >= 4 is 29.0 Å². The Morgan fingerprint density at radius 1 is 1.19 bits per heavy atom. The van der Waals surface area contributed by atoms with Crippen molar-refractivity contribution in [2.75, 3.05) is 32.7 Å². The maximum atomic E-state index is 12.3. The van der Waals surface area contributed by atoms with Gasteiger partial charge in [-0.3, -0.25) is 14.5 Å². The Balaban J connectivity index is 1.27. The molecule has 0 spiro atoms. The second kappa shape index (κ2) is 7.29. The van der Waals surface area contributed by atoms with Gasteiger partial charge in [-0.2, -0.15) is 0 Å². The normalized spacial score (nSPS) is 18.5. The summed E-state index contributed by atoms with van der Waals surface area (Å²) in [5.41, 5.74) is 1.48. The molecule has 136 valence electrons. The van der Waals surface area contributed by atoms with E-state index in [0.717, 1.165) is 18.4 Å². The lowest BCUT2D eigenvalue weighted by molar-refractivity contribution is -0.128. The lowest BCUT2D eigenvalue weighted by atomic mass is 10.3. The van der Waals surface area contributed by atoms with Crippen molar-refractivity contribution in [3.63, 3.8) is 0 Å². The molecule has 1 aliphatic carbocycles. The Hall–Kier alpha value is -2.67. The molecule has 1 aliphatic heterocycles. The number of oxazole rings is 1. The van der Waals surface area contributed by atoms with E-state index < -0.39 is 0 Å². The third-order valence-corrected chi connectivity index (χ3v) is 4.67. The largest absolute Gasteiger partial charge is 0.437 e. The molecular weight excluding hydrogens is 332 g/mol. The molecular formula is C19H22N4O3. The summed E-state index contributed by atoms with van der Waals surface area (Å²) in [5, 5.41) is 2.99. The minimum atomic E-state index is -0.0608. The summed E-state index contributed by atoms with van der Waals surface area (Å²) in [4.78, 5) is 32.4. The van der Waals surface area contributed by atoms with E-state index in [9.17, 15) is 9.59 Å². The Morgan fingerprint density at radius 3 is 2.69 bits per heavy atom. The van der Waals surface area contributed by atoms with Gasteiger partial charge in [0.05, 0.1) is 6.54 Å². The van der Waals surface area contributed by atoms with E-state index in [1.54, 1.807) is 11.0 Å². The highest BCUT2D eigenvalue weighted by atomic mass is 16.3. The lowest BCUT2D eigenvalue weighted by Gasteiger charge is -2.33. The maximum absolute atomic E-state index is 12.3. The van der Waals surface area contributed by atoms with Crippen LogP contribution >= 0.6 is 0 Å². The van der Waals surface area contributed by atoms with Gasteiger partial charge in [0.25, 0.3) is 0 Å². The van der Waals surface area contributed by atoms with Gasteiger partial charge in [0.15, 0.2) is 5.58 Å². The van der Waals surface area contributed by atoms with Crippen molar-refractivity contribution < 1.29 is 14.0 Å². The van der Waals surface area contributed by atoms with Crippen LogP contribution in [0.4, 0.5) is 0 Å². The topological polar surface area (TPSA) is 78.7 Å². The van der Waals surface area contributed by atoms with Crippen molar-refractivity contribution in [3.05, 3.63) is 36.2 Å². The van der Waals surface area contributed by atoms with Crippen molar-refractivity contribution in [2.24, 2.45) is 0 Å². The second-order valence-corrected chi connectivity index (χ2v) is 6.80. The minimum Gasteiger partial charge on any atom is -0.437 e. The smallest absolute Gasteiger partial charge is 0.246 e. The molecule has 0 bridgehead atoms. The summed E-state index contributed by atoms with van der Waals surface area (Å²) in [6.07, 6.45) is 5.30. The van der Waals surface area contributed by atoms with Gasteiger partial charge in [-0.15, -0.1) is 0 Å². The minimum absolute atomic E-state index is 0.0608. The third-order valence-electron chi connectivity index (χ3n) is 4.67. The van der Waals surface area contributed by atoms with E-state index in [1.165, 1.54) is 6.08 Å². The molecule has 1 aromatic carbocycles. The highest BCUT2D eigenvalue weighted by Crippen LogP contribution is 2.18. The first kappa shape index (κ1) is 16.8. The van der Waals surface area contributed by atoms with Gasteiger partial charge in [-0.05, 0) is 25.0 Å². The molecule has 2 heterocycles. The fraction of sp³-hybridized carbons (Fsp3) is 0.421. The van der Waals surface area contributed by atoms with Crippen LogP contribution in [0.3, 0.4) is 0 Å². The van der Waals surface area contributed by atoms with E-state index in [0.29, 0.717) is 50.2 Å². The average molecular weight is 354 g/mol. The van der Waals surface area contributed by atoms with E-state index in [4.69, 9.17) is 4.42 Å². The first-order valence-corrected chi connectivity index (χ1v) is 9.02. The molecule has 0 radical (unpaired) electrons. The van der Waals surface area contributed by atoms with E-state index >= 15 is 0 Å². The van der Waals surface area contributed by atoms with Crippen LogP contribution in [0, 0.1) is 0 Å². The van der Waals surface area contributed by atoms with Crippen LogP contribution in [0.25, 0.3) is 17.2 Å². The number of para-hydroxylation sites is 2. The van der Waals surface area contributed by atoms with Crippen LogP contribution in [0.2, 0.25) is 0 Å². The van der Waals surface area contributed by atoms with E-state index in [-0.39, 0.29) is 11.8 Å². The summed E-state index contributed by atoms with van der Waals surface area (Å²) in [7, 11) is 0. The summed E-state index contributed by atoms with van der Waals surface area (Å²) in [6, 6.07) is 7.89. The van der Waals surface area contributed by atoms with Crippen LogP contribution in [0.1, 0.15) is 18.7 Å². The molecule has 7 nitrogen and oxygen atoms in total. The van der Waals surface area contributed by atoms with Gasteiger partial charge >= 0.3 is 0 Å². The van der Waals surface area contributed by atoms with Crippen LogP contribution in [-0.2, 0) is 9.59 Å². The van der Waals surface area contributed by atoms with Gasteiger partial charge < -0.3 is 14.6 Å². The molecule has 2 aliphatic rings. The zero-order chi connectivity index (χ0) is 17.9. The van der Waals surface area contributed by atoms with Gasteiger partial charge in [0.1, 0.15) is 5.52 Å². The number of carbonyl (C=O) groups excluding carboxylic acids is 2. The highest BCUT2D eigenvalue weighted by molar-refractivity contribution is 5.91. The summed E-state index contributed by atoms with van der Waals surface area (Å²) < 4.78 is 5.58. The third kappa shape index (κ3) is 4.11. The Labute approximate surface area is 151 Å². The zero-order valence-corrected chi connectivity index (χ0v) is 14.6. The Kier molecular flexibility index (Phi) is 4.71. The van der Waals surface area contributed by atoms with Crippen LogP contribution in [0.5, 0.6) is 0 Å². The molecule has 7 heteroatoms. The van der Waals surface area contributed by atoms with Crippen molar-refractivity contribution in [3.8, 4) is 0 Å². The number of carbonyl (C=O) groups is 2. The fourth-order valence-corrected chi connectivity index (χ4v) is 3.04. The number of fused-ring (bicyclic) bond motifs is 1. The summed E-state index contributed by atoms with van der Waals surface area (Å²) in [5.74, 6) is 0.451. The van der Waals surface area contributed by atoms with Crippen LogP contribution in [0.15, 0.2) is 34.8 Å². The molecule has 1 N–H and O–H groups in total. The molecule has 1 saturated heterocycles. The van der Waals surface area contributed by atoms with Crippen LogP contribution < -0.4 is 5.32 Å². The van der Waals surface area contributed by atoms with Crippen LogP contribution in [-0.4, -0.2) is 65.4 Å². The standard InChI is InChI=1S/C19H22N4O3/c24-17(20-14-5-6-14)13-22-9-11-23(12-10-22)19(25)8-7-18-21-15-3-1-2-4-16(15)26-18/h1-4,7-8,14H,5-6,9-13H2,(H,20,24)/b8-7+. The predicted molar refractivity (Wildman–Crippen MR) is 97.2 cm³/mol. The van der Waals surface area contributed by atoms with Crippen molar-refractivity contribution in [1.82, 2.24) is 20.1 Å². The van der Waals surface area contributed by atoms with Gasteiger partial charge in [-0.1, -0.05) is 12.1 Å². The van der Waals surface area contributed by atoms with Gasteiger partial charge in [0.2, 0.25) is 17.7 Å². The summed E-state index contributed by atoms with van der Waals surface area (Å²) in [6.45, 7) is 3.07. The Morgan fingerprint density at radius 2 is 1.96 bits per heavy atom. The fourth-order valence-electron chi connectivity index (χ4n) is 3.04. The molecule has 4 rings (SSSR count). The number of nitrogens with one attached hydrogen (secondary N) is 1. The zero-order valence-electron chi connectivity index (χ0n) is 14.6. The number of piperazine rings is 1. The molecule has 1 aromatic heterocycles. The monoisotopic (exact) mass is 354 g/mol. The molecule has 2 fully saturated rings. The lowest BCUT2D eigenvalue weighted by Crippen LogP contribution is -2.51. The molecule has 2 aromatic rings. The molecule has 26 heavy (non-hydrogen) atoms. The molecule has 0 unspecified atom stereocenters. The number of hydrogen-bond donors (Lipinski definition) is 1. The first-order chi connectivity index (χ1) is 12.7. The molecule has 0 atom stereocenters. The second-order valence-electron chi connectivity index (χ2n) is 6.80. The predicted octanol–water partition coefficient (Wildman–Crippen LogP) is 1.26. The van der Waals surface area contributed by atoms with Crippen molar-refractivity contribution in [1.29, 1.82) is 0 Å².